The van der Waals surface area contributed by atoms with Crippen molar-refractivity contribution >= 4 is 15.9 Å². The van der Waals surface area contributed by atoms with Gasteiger partial charge in [-0.15, -0.1) is 0 Å². The van der Waals surface area contributed by atoms with Crippen LogP contribution in [0.15, 0.2) is 0 Å². The molecule has 118 valence electrons. The first-order chi connectivity index (χ1) is 9.79. The molecule has 0 aromatic carbocycles. The van der Waals surface area contributed by atoms with Crippen LogP contribution in [0.1, 0.15) is 96.8 Å². The van der Waals surface area contributed by atoms with Crippen LogP contribution in [0.5, 0.6) is 0 Å². The zero-order chi connectivity index (χ0) is 14.3. The Bertz CT molecular complexity index is 250. The highest BCUT2D eigenvalue weighted by molar-refractivity contribution is 9.09. The highest BCUT2D eigenvalue weighted by Gasteiger charge is 2.52. The van der Waals surface area contributed by atoms with E-state index in [2.05, 4.69) is 22.9 Å². The van der Waals surface area contributed by atoms with E-state index in [1.54, 1.807) is 19.3 Å². The summed E-state index contributed by atoms with van der Waals surface area (Å²) in [6.07, 6.45) is 20.8. The molecule has 0 aliphatic heterocycles. The maximum absolute atomic E-state index is 3.81. The lowest BCUT2D eigenvalue weighted by Gasteiger charge is -2.28. The minimum absolute atomic E-state index is 0.716. The van der Waals surface area contributed by atoms with Gasteiger partial charge in [0.2, 0.25) is 0 Å². The van der Waals surface area contributed by atoms with Gasteiger partial charge in [0.15, 0.2) is 0 Å². The van der Waals surface area contributed by atoms with Crippen molar-refractivity contribution in [3.63, 3.8) is 0 Å². The largest absolute Gasteiger partial charge is 0.0922 e. The second kappa shape index (κ2) is 8.81. The molecule has 2 rings (SSSR count). The van der Waals surface area contributed by atoms with Gasteiger partial charge in [-0.25, -0.2) is 0 Å². The lowest BCUT2D eigenvalue weighted by Crippen LogP contribution is -2.20. The summed E-state index contributed by atoms with van der Waals surface area (Å²) in [4.78, 5) is 0. The Morgan fingerprint density at radius 1 is 0.800 bits per heavy atom. The summed E-state index contributed by atoms with van der Waals surface area (Å²) in [5.41, 5.74) is 0.716. The van der Waals surface area contributed by atoms with Gasteiger partial charge in [0.25, 0.3) is 0 Å². The van der Waals surface area contributed by atoms with E-state index < -0.39 is 0 Å². The van der Waals surface area contributed by atoms with E-state index in [-0.39, 0.29) is 0 Å². The van der Waals surface area contributed by atoms with Crippen LogP contribution in [0.2, 0.25) is 0 Å². The Balaban J connectivity index is 1.40. The van der Waals surface area contributed by atoms with Gasteiger partial charge in [-0.2, -0.15) is 0 Å². The Kier molecular flexibility index (Phi) is 7.42. The summed E-state index contributed by atoms with van der Waals surface area (Å²) in [6.45, 7) is 2.30. The number of alkyl halides is 1. The highest BCUT2D eigenvalue weighted by atomic mass is 79.9. The fourth-order valence-electron chi connectivity index (χ4n) is 4.37. The molecule has 0 aromatic heterocycles. The topological polar surface area (TPSA) is 0 Å². The van der Waals surface area contributed by atoms with Crippen LogP contribution in [-0.4, -0.2) is 5.33 Å². The van der Waals surface area contributed by atoms with Gasteiger partial charge in [0.1, 0.15) is 0 Å². The van der Waals surface area contributed by atoms with E-state index in [1.165, 1.54) is 76.0 Å². The van der Waals surface area contributed by atoms with Gasteiger partial charge in [0.05, 0.1) is 0 Å². The molecule has 0 bridgehead atoms. The van der Waals surface area contributed by atoms with Crippen molar-refractivity contribution in [2.75, 3.05) is 5.33 Å². The number of hydrogen-bond donors (Lipinski definition) is 0. The van der Waals surface area contributed by atoms with Gasteiger partial charge in [-0.1, -0.05) is 87.1 Å². The van der Waals surface area contributed by atoms with Gasteiger partial charge in [-0.3, -0.25) is 0 Å². The summed E-state index contributed by atoms with van der Waals surface area (Å²) in [5.74, 6) is 2.27. The van der Waals surface area contributed by atoms with Crippen molar-refractivity contribution in [3.8, 4) is 0 Å². The van der Waals surface area contributed by atoms with Crippen molar-refractivity contribution in [3.05, 3.63) is 0 Å². The number of rotatable bonds is 12. The van der Waals surface area contributed by atoms with Crippen LogP contribution < -0.4 is 0 Å². The molecule has 0 N–H and O–H groups in total. The number of fused-ring (bicyclic) bond motifs is 1. The van der Waals surface area contributed by atoms with Crippen molar-refractivity contribution in [1.29, 1.82) is 0 Å². The Morgan fingerprint density at radius 3 is 1.80 bits per heavy atom. The normalized spacial score (nSPS) is 31.5. The predicted molar refractivity (Wildman–Crippen MR) is 93.5 cm³/mol. The first-order valence-corrected chi connectivity index (χ1v) is 10.5. The summed E-state index contributed by atoms with van der Waals surface area (Å²) < 4.78 is 0. The Hall–Kier alpha value is 0.480. The molecule has 2 fully saturated rings. The molecule has 0 radical (unpaired) electrons. The van der Waals surface area contributed by atoms with Crippen LogP contribution in [0.25, 0.3) is 0 Å². The highest BCUT2D eigenvalue weighted by Crippen LogP contribution is 2.61. The summed E-state index contributed by atoms with van der Waals surface area (Å²) in [6, 6.07) is 0. The van der Waals surface area contributed by atoms with Crippen molar-refractivity contribution in [2.24, 2.45) is 17.3 Å². The molecule has 0 aromatic rings. The second-order valence-corrected chi connectivity index (χ2v) is 8.29. The third kappa shape index (κ3) is 5.35. The van der Waals surface area contributed by atoms with Crippen LogP contribution >= 0.6 is 15.9 Å². The molecule has 2 aliphatic carbocycles. The SMILES string of the molecule is CCCCCCCCCCCCC1(CBr)CC2CC2C1. The Morgan fingerprint density at radius 2 is 1.30 bits per heavy atom. The van der Waals surface area contributed by atoms with Gasteiger partial charge in [0, 0.05) is 5.33 Å². The molecule has 0 heterocycles. The summed E-state index contributed by atoms with van der Waals surface area (Å²) >= 11 is 3.81. The zero-order valence-corrected chi connectivity index (χ0v) is 15.2. The third-order valence-corrected chi connectivity index (χ3v) is 6.99. The lowest BCUT2D eigenvalue weighted by molar-refractivity contribution is 0.273. The lowest BCUT2D eigenvalue weighted by atomic mass is 9.80. The minimum Gasteiger partial charge on any atom is -0.0922 e. The summed E-state index contributed by atoms with van der Waals surface area (Å²) in [7, 11) is 0. The van der Waals surface area contributed by atoms with E-state index in [0.717, 1.165) is 11.8 Å². The zero-order valence-electron chi connectivity index (χ0n) is 13.6. The predicted octanol–water partition coefficient (Wildman–Crippen LogP) is 7.11. The average molecular weight is 343 g/mol. The fourth-order valence-corrected chi connectivity index (χ4v) is 5.11. The van der Waals surface area contributed by atoms with Gasteiger partial charge < -0.3 is 0 Å². The second-order valence-electron chi connectivity index (χ2n) is 7.73. The smallest absolute Gasteiger partial charge is 0.00881 e. The van der Waals surface area contributed by atoms with Crippen LogP contribution in [0.4, 0.5) is 0 Å². The molecular weight excluding hydrogens is 308 g/mol. The standard InChI is InChI=1S/C19H35Br/c1-2-3-4-5-6-7-8-9-10-11-12-19(16-20)14-17-13-18(17)15-19/h17-18H,2-16H2,1H3. The molecule has 2 atom stereocenters. The summed E-state index contributed by atoms with van der Waals surface area (Å²) in [5, 5.41) is 1.27. The third-order valence-electron chi connectivity index (χ3n) is 5.80. The molecule has 2 unspecified atom stereocenters. The molecular formula is C19H35Br. The molecule has 0 spiro atoms. The number of hydrogen-bond acceptors (Lipinski definition) is 0. The maximum atomic E-state index is 3.81. The van der Waals surface area contributed by atoms with Crippen molar-refractivity contribution < 1.29 is 0 Å². The number of unbranched alkanes of at least 4 members (excludes halogenated alkanes) is 9. The van der Waals surface area contributed by atoms with Crippen LogP contribution in [0.3, 0.4) is 0 Å². The molecule has 2 saturated carbocycles. The van der Waals surface area contributed by atoms with E-state index >= 15 is 0 Å². The minimum atomic E-state index is 0.716. The first-order valence-electron chi connectivity index (χ1n) is 9.35. The Labute approximate surface area is 135 Å². The first kappa shape index (κ1) is 16.8. The fraction of sp³-hybridized carbons (Fsp3) is 1.00. The van der Waals surface area contributed by atoms with Crippen molar-refractivity contribution in [2.45, 2.75) is 96.8 Å². The quantitative estimate of drug-likeness (QED) is 0.262. The molecule has 20 heavy (non-hydrogen) atoms. The maximum Gasteiger partial charge on any atom is 0.00881 e. The van der Waals surface area contributed by atoms with E-state index in [4.69, 9.17) is 0 Å². The van der Waals surface area contributed by atoms with Gasteiger partial charge in [-0.05, 0) is 42.9 Å². The van der Waals surface area contributed by atoms with Gasteiger partial charge >= 0.3 is 0 Å². The average Bonchev–Trinajstić information content (AvgIpc) is 3.08. The monoisotopic (exact) mass is 342 g/mol. The van der Waals surface area contributed by atoms with E-state index in [0.29, 0.717) is 5.41 Å². The molecule has 1 heteroatoms. The number of halogens is 1. The van der Waals surface area contributed by atoms with Crippen LogP contribution in [-0.2, 0) is 0 Å². The van der Waals surface area contributed by atoms with Crippen LogP contribution in [0, 0.1) is 17.3 Å². The van der Waals surface area contributed by atoms with Crippen molar-refractivity contribution in [1.82, 2.24) is 0 Å². The molecule has 0 nitrogen and oxygen atoms in total. The molecule has 0 amide bonds. The molecule has 2 aliphatic rings. The van der Waals surface area contributed by atoms with E-state index in [1.807, 2.05) is 0 Å². The molecule has 0 saturated heterocycles. The van der Waals surface area contributed by atoms with E-state index in [9.17, 15) is 0 Å².